The maximum atomic E-state index is 3.58. The molecule has 2 aliphatic rings. The molecule has 15 heavy (non-hydrogen) atoms. The van der Waals surface area contributed by atoms with E-state index in [1.165, 1.54) is 11.3 Å². The standard InChI is InChI=1S/C11H14BrN3/c1-6-8-5-13-11-7(10(8)15-14-6)3-2-4-9(11)12/h2-4,6,8,10,13-15H,5H2,1H3. The number of para-hydroxylation sites is 1. The van der Waals surface area contributed by atoms with Gasteiger partial charge in [-0.2, -0.15) is 0 Å². The molecule has 3 N–H and O–H groups in total. The van der Waals surface area contributed by atoms with E-state index in [-0.39, 0.29) is 0 Å². The van der Waals surface area contributed by atoms with Crippen LogP contribution in [0.4, 0.5) is 5.69 Å². The quantitative estimate of drug-likeness (QED) is 0.673. The molecule has 3 unspecified atom stereocenters. The van der Waals surface area contributed by atoms with Crippen molar-refractivity contribution in [2.75, 3.05) is 11.9 Å². The molecule has 3 rings (SSSR count). The first-order valence-corrected chi connectivity index (χ1v) is 6.10. The van der Waals surface area contributed by atoms with Crippen molar-refractivity contribution < 1.29 is 0 Å². The zero-order valence-electron chi connectivity index (χ0n) is 8.55. The number of hydrazine groups is 1. The minimum Gasteiger partial charge on any atom is -0.383 e. The van der Waals surface area contributed by atoms with Crippen molar-refractivity contribution in [3.05, 3.63) is 28.2 Å². The van der Waals surface area contributed by atoms with Crippen molar-refractivity contribution in [1.82, 2.24) is 10.9 Å². The Morgan fingerprint density at radius 2 is 2.20 bits per heavy atom. The maximum absolute atomic E-state index is 3.58. The lowest BCUT2D eigenvalue weighted by atomic mass is 9.86. The third kappa shape index (κ3) is 1.40. The number of rotatable bonds is 0. The van der Waals surface area contributed by atoms with Gasteiger partial charge in [-0.25, -0.2) is 5.43 Å². The summed E-state index contributed by atoms with van der Waals surface area (Å²) >= 11 is 3.58. The highest BCUT2D eigenvalue weighted by molar-refractivity contribution is 9.10. The van der Waals surface area contributed by atoms with Gasteiger partial charge in [0.05, 0.1) is 11.7 Å². The summed E-state index contributed by atoms with van der Waals surface area (Å²) in [5.41, 5.74) is 9.29. The molecule has 80 valence electrons. The fourth-order valence-electron chi connectivity index (χ4n) is 2.53. The van der Waals surface area contributed by atoms with Crippen LogP contribution in [0.2, 0.25) is 0 Å². The summed E-state index contributed by atoms with van der Waals surface area (Å²) in [6.45, 7) is 3.25. The van der Waals surface area contributed by atoms with Crippen molar-refractivity contribution in [1.29, 1.82) is 0 Å². The van der Waals surface area contributed by atoms with Gasteiger partial charge in [0.25, 0.3) is 0 Å². The van der Waals surface area contributed by atoms with Crippen LogP contribution in [0.5, 0.6) is 0 Å². The fraction of sp³-hybridized carbons (Fsp3) is 0.455. The van der Waals surface area contributed by atoms with E-state index in [9.17, 15) is 0 Å². The third-order valence-electron chi connectivity index (χ3n) is 3.43. The summed E-state index contributed by atoms with van der Waals surface area (Å²) in [4.78, 5) is 0. The minimum atomic E-state index is 0.439. The summed E-state index contributed by atoms with van der Waals surface area (Å²) in [6, 6.07) is 7.33. The van der Waals surface area contributed by atoms with E-state index in [2.05, 4.69) is 57.2 Å². The highest BCUT2D eigenvalue weighted by Crippen LogP contribution is 2.40. The van der Waals surface area contributed by atoms with Gasteiger partial charge in [-0.1, -0.05) is 12.1 Å². The number of hydrogen-bond donors (Lipinski definition) is 3. The van der Waals surface area contributed by atoms with Crippen molar-refractivity contribution in [3.8, 4) is 0 Å². The molecule has 1 aromatic rings. The number of anilines is 1. The Hall–Kier alpha value is -0.580. The second-order valence-corrected chi connectivity index (χ2v) is 5.16. The average Bonchev–Trinajstić information content (AvgIpc) is 2.61. The normalized spacial score (nSPS) is 33.1. The van der Waals surface area contributed by atoms with Gasteiger partial charge in [-0.15, -0.1) is 0 Å². The number of halogens is 1. The van der Waals surface area contributed by atoms with Crippen LogP contribution in [0, 0.1) is 5.92 Å². The summed E-state index contributed by atoms with van der Waals surface area (Å²) < 4.78 is 1.15. The van der Waals surface area contributed by atoms with E-state index < -0.39 is 0 Å². The van der Waals surface area contributed by atoms with Gasteiger partial charge in [-0.05, 0) is 34.5 Å². The minimum absolute atomic E-state index is 0.439. The van der Waals surface area contributed by atoms with Gasteiger partial charge >= 0.3 is 0 Å². The fourth-order valence-corrected chi connectivity index (χ4v) is 3.06. The summed E-state index contributed by atoms with van der Waals surface area (Å²) in [6.07, 6.45) is 0. The van der Waals surface area contributed by atoms with Crippen LogP contribution in [0.25, 0.3) is 0 Å². The maximum Gasteiger partial charge on any atom is 0.0543 e. The number of benzene rings is 1. The van der Waals surface area contributed by atoms with Gasteiger partial charge in [0.2, 0.25) is 0 Å². The van der Waals surface area contributed by atoms with Crippen LogP contribution in [-0.2, 0) is 0 Å². The first kappa shape index (κ1) is 9.63. The summed E-state index contributed by atoms with van der Waals surface area (Å²) in [7, 11) is 0. The van der Waals surface area contributed by atoms with Crippen molar-refractivity contribution in [2.24, 2.45) is 5.92 Å². The lowest BCUT2D eigenvalue weighted by Gasteiger charge is -2.30. The van der Waals surface area contributed by atoms with Crippen LogP contribution in [0.15, 0.2) is 22.7 Å². The van der Waals surface area contributed by atoms with Gasteiger partial charge in [0.15, 0.2) is 0 Å². The summed E-state index contributed by atoms with van der Waals surface area (Å²) in [5, 5.41) is 3.51. The first-order chi connectivity index (χ1) is 7.27. The summed E-state index contributed by atoms with van der Waals surface area (Å²) in [5.74, 6) is 0.631. The molecule has 0 aliphatic carbocycles. The monoisotopic (exact) mass is 267 g/mol. The smallest absolute Gasteiger partial charge is 0.0543 e. The van der Waals surface area contributed by atoms with Crippen LogP contribution in [0.3, 0.4) is 0 Å². The van der Waals surface area contributed by atoms with E-state index in [1.807, 2.05) is 0 Å². The lowest BCUT2D eigenvalue weighted by Crippen LogP contribution is -2.32. The first-order valence-electron chi connectivity index (χ1n) is 5.30. The molecule has 2 heterocycles. The largest absolute Gasteiger partial charge is 0.383 e. The van der Waals surface area contributed by atoms with Crippen molar-refractivity contribution in [2.45, 2.75) is 19.0 Å². The van der Waals surface area contributed by atoms with Crippen molar-refractivity contribution in [3.63, 3.8) is 0 Å². The molecule has 0 saturated carbocycles. The van der Waals surface area contributed by atoms with Gasteiger partial charge in [0.1, 0.15) is 0 Å². The van der Waals surface area contributed by atoms with Crippen LogP contribution < -0.4 is 16.2 Å². The van der Waals surface area contributed by atoms with E-state index in [0.717, 1.165) is 11.0 Å². The highest BCUT2D eigenvalue weighted by Gasteiger charge is 2.38. The Labute approximate surface area is 97.7 Å². The lowest BCUT2D eigenvalue weighted by molar-refractivity contribution is 0.444. The third-order valence-corrected chi connectivity index (χ3v) is 4.09. The molecule has 1 saturated heterocycles. The Morgan fingerprint density at radius 3 is 3.07 bits per heavy atom. The zero-order valence-corrected chi connectivity index (χ0v) is 10.1. The molecule has 0 radical (unpaired) electrons. The second kappa shape index (κ2) is 3.47. The molecular formula is C11H14BrN3. The van der Waals surface area contributed by atoms with E-state index in [1.54, 1.807) is 0 Å². The Bertz CT molecular complexity index is 393. The molecule has 0 aromatic heterocycles. The van der Waals surface area contributed by atoms with Crippen LogP contribution >= 0.6 is 15.9 Å². The molecule has 1 aromatic carbocycles. The predicted octanol–water partition coefficient (Wildman–Crippen LogP) is 2.03. The topological polar surface area (TPSA) is 36.1 Å². The predicted molar refractivity (Wildman–Crippen MR) is 64.6 cm³/mol. The number of fused-ring (bicyclic) bond motifs is 3. The molecule has 4 heteroatoms. The zero-order chi connectivity index (χ0) is 10.4. The molecular weight excluding hydrogens is 254 g/mol. The molecule has 0 spiro atoms. The Balaban J connectivity index is 2.06. The molecule has 0 amide bonds. The Morgan fingerprint density at radius 1 is 1.33 bits per heavy atom. The van der Waals surface area contributed by atoms with Crippen LogP contribution in [-0.4, -0.2) is 12.6 Å². The van der Waals surface area contributed by atoms with E-state index in [0.29, 0.717) is 18.0 Å². The number of nitrogens with one attached hydrogen (secondary N) is 3. The van der Waals surface area contributed by atoms with Gasteiger partial charge < -0.3 is 5.32 Å². The molecule has 0 bridgehead atoms. The van der Waals surface area contributed by atoms with Crippen molar-refractivity contribution >= 4 is 21.6 Å². The Kier molecular flexibility index (Phi) is 2.23. The van der Waals surface area contributed by atoms with Crippen LogP contribution in [0.1, 0.15) is 18.5 Å². The molecule has 2 aliphatic heterocycles. The average molecular weight is 268 g/mol. The molecule has 3 atom stereocenters. The van der Waals surface area contributed by atoms with Gasteiger partial charge in [-0.3, -0.25) is 5.43 Å². The van der Waals surface area contributed by atoms with E-state index in [4.69, 9.17) is 0 Å². The highest BCUT2D eigenvalue weighted by atomic mass is 79.9. The molecule has 1 fully saturated rings. The number of hydrogen-bond acceptors (Lipinski definition) is 3. The van der Waals surface area contributed by atoms with E-state index >= 15 is 0 Å². The molecule has 3 nitrogen and oxygen atoms in total. The SMILES string of the molecule is CC1NNC2c3cccc(Br)c3NCC12. The second-order valence-electron chi connectivity index (χ2n) is 4.30. The van der Waals surface area contributed by atoms with Gasteiger partial charge in [0, 0.05) is 23.0 Å².